The predicted octanol–water partition coefficient (Wildman–Crippen LogP) is 1.51. The topological polar surface area (TPSA) is 77.7 Å². The largest absolute Gasteiger partial charge is 0.231 e. The Bertz CT molecular complexity index is 651. The monoisotopic (exact) mass is 330 g/mol. The van der Waals surface area contributed by atoms with Crippen molar-refractivity contribution in [3.05, 3.63) is 34.6 Å². The SMILES string of the molecule is CC(c1nnnn1C)S(=O)(=O)c1ccc(Br)cc1. The molecule has 2 aromatic rings. The summed E-state index contributed by atoms with van der Waals surface area (Å²) < 4.78 is 26.9. The van der Waals surface area contributed by atoms with E-state index in [2.05, 4.69) is 31.5 Å². The molecule has 0 fully saturated rings. The minimum Gasteiger partial charge on any atom is -0.231 e. The highest BCUT2D eigenvalue weighted by atomic mass is 79.9. The van der Waals surface area contributed by atoms with Gasteiger partial charge in [-0.2, -0.15) is 0 Å². The molecule has 96 valence electrons. The minimum absolute atomic E-state index is 0.251. The quantitative estimate of drug-likeness (QED) is 0.852. The summed E-state index contributed by atoms with van der Waals surface area (Å²) in [6.07, 6.45) is 0. The van der Waals surface area contributed by atoms with Crippen LogP contribution in [0.2, 0.25) is 0 Å². The van der Waals surface area contributed by atoms with Gasteiger partial charge in [0.1, 0.15) is 5.25 Å². The Hall–Kier alpha value is -1.28. The van der Waals surface area contributed by atoms with Gasteiger partial charge in [-0.1, -0.05) is 15.9 Å². The molecule has 1 aromatic carbocycles. The third kappa shape index (κ3) is 2.30. The van der Waals surface area contributed by atoms with Crippen LogP contribution in [0.1, 0.15) is 18.0 Å². The van der Waals surface area contributed by atoms with Gasteiger partial charge in [0, 0.05) is 11.5 Å². The molecule has 0 aliphatic heterocycles. The van der Waals surface area contributed by atoms with Crippen LogP contribution in [0.25, 0.3) is 0 Å². The van der Waals surface area contributed by atoms with E-state index >= 15 is 0 Å². The number of sulfone groups is 1. The number of hydrogen-bond acceptors (Lipinski definition) is 5. The molecule has 0 aliphatic carbocycles. The second kappa shape index (κ2) is 4.77. The van der Waals surface area contributed by atoms with Gasteiger partial charge in [-0.05, 0) is 41.6 Å². The highest BCUT2D eigenvalue weighted by molar-refractivity contribution is 9.10. The molecule has 0 spiro atoms. The van der Waals surface area contributed by atoms with Crippen molar-refractivity contribution in [2.45, 2.75) is 17.1 Å². The Morgan fingerprint density at radius 1 is 1.28 bits per heavy atom. The van der Waals surface area contributed by atoms with E-state index in [1.165, 1.54) is 4.68 Å². The Morgan fingerprint density at radius 2 is 1.89 bits per heavy atom. The van der Waals surface area contributed by atoms with Gasteiger partial charge in [0.15, 0.2) is 15.7 Å². The molecular weight excluding hydrogens is 320 g/mol. The normalized spacial score (nSPS) is 13.5. The van der Waals surface area contributed by atoms with Crippen molar-refractivity contribution in [1.82, 2.24) is 20.2 Å². The van der Waals surface area contributed by atoms with E-state index in [-0.39, 0.29) is 4.90 Å². The van der Waals surface area contributed by atoms with Gasteiger partial charge in [-0.3, -0.25) is 0 Å². The lowest BCUT2D eigenvalue weighted by molar-refractivity contribution is 0.576. The van der Waals surface area contributed by atoms with E-state index in [0.717, 1.165) is 4.47 Å². The molecule has 0 N–H and O–H groups in total. The average Bonchev–Trinajstić information content (AvgIpc) is 2.75. The van der Waals surface area contributed by atoms with Crippen molar-refractivity contribution < 1.29 is 8.42 Å². The highest BCUT2D eigenvalue weighted by Crippen LogP contribution is 2.27. The van der Waals surface area contributed by atoms with E-state index in [0.29, 0.717) is 5.82 Å². The summed E-state index contributed by atoms with van der Waals surface area (Å²) >= 11 is 3.27. The maximum absolute atomic E-state index is 12.4. The number of aryl methyl sites for hydroxylation is 1. The summed E-state index contributed by atoms with van der Waals surface area (Å²) in [4.78, 5) is 0.251. The lowest BCUT2D eigenvalue weighted by Crippen LogP contribution is -2.15. The van der Waals surface area contributed by atoms with Crippen molar-refractivity contribution in [1.29, 1.82) is 0 Å². The summed E-state index contributed by atoms with van der Waals surface area (Å²) in [6.45, 7) is 1.57. The molecule has 1 unspecified atom stereocenters. The van der Waals surface area contributed by atoms with Crippen LogP contribution in [0.5, 0.6) is 0 Å². The zero-order valence-corrected chi connectivity index (χ0v) is 12.2. The van der Waals surface area contributed by atoms with Crippen LogP contribution in [0.3, 0.4) is 0 Å². The fraction of sp³-hybridized carbons (Fsp3) is 0.300. The molecule has 0 saturated heterocycles. The van der Waals surface area contributed by atoms with Gasteiger partial charge < -0.3 is 0 Å². The van der Waals surface area contributed by atoms with Crippen LogP contribution >= 0.6 is 15.9 Å². The number of benzene rings is 1. The molecule has 0 aliphatic rings. The Kier molecular flexibility index (Phi) is 3.49. The van der Waals surface area contributed by atoms with Crippen molar-refractivity contribution in [3.63, 3.8) is 0 Å². The molecule has 2 rings (SSSR count). The van der Waals surface area contributed by atoms with Crippen LogP contribution in [0.15, 0.2) is 33.6 Å². The number of halogens is 1. The smallest absolute Gasteiger partial charge is 0.188 e. The lowest BCUT2D eigenvalue weighted by Gasteiger charge is -2.11. The first-order valence-electron chi connectivity index (χ1n) is 5.14. The number of rotatable bonds is 3. The third-order valence-electron chi connectivity index (χ3n) is 2.62. The van der Waals surface area contributed by atoms with Crippen molar-refractivity contribution in [2.75, 3.05) is 0 Å². The Labute approximate surface area is 113 Å². The molecule has 1 heterocycles. The molecule has 18 heavy (non-hydrogen) atoms. The number of tetrazole rings is 1. The van der Waals surface area contributed by atoms with E-state index in [9.17, 15) is 8.42 Å². The van der Waals surface area contributed by atoms with Gasteiger partial charge in [-0.15, -0.1) is 5.10 Å². The number of nitrogens with zero attached hydrogens (tertiary/aromatic N) is 4. The van der Waals surface area contributed by atoms with Gasteiger partial charge in [0.25, 0.3) is 0 Å². The molecule has 1 aromatic heterocycles. The minimum atomic E-state index is -3.49. The van der Waals surface area contributed by atoms with Crippen molar-refractivity contribution >= 4 is 25.8 Å². The highest BCUT2D eigenvalue weighted by Gasteiger charge is 2.28. The summed E-state index contributed by atoms with van der Waals surface area (Å²) in [5.74, 6) is 0.318. The van der Waals surface area contributed by atoms with Crippen molar-refractivity contribution in [2.24, 2.45) is 7.05 Å². The van der Waals surface area contributed by atoms with E-state index < -0.39 is 15.1 Å². The molecule has 6 nitrogen and oxygen atoms in total. The molecular formula is C10H11BrN4O2S. The van der Waals surface area contributed by atoms with E-state index in [4.69, 9.17) is 0 Å². The number of hydrogen-bond donors (Lipinski definition) is 0. The summed E-state index contributed by atoms with van der Waals surface area (Å²) in [7, 11) is -1.87. The fourth-order valence-electron chi connectivity index (χ4n) is 1.55. The molecule has 0 bridgehead atoms. The average molecular weight is 331 g/mol. The fourth-order valence-corrected chi connectivity index (χ4v) is 3.21. The van der Waals surface area contributed by atoms with E-state index in [1.807, 2.05) is 0 Å². The standard InChI is InChI=1S/C10H11BrN4O2S/c1-7(10-12-13-14-15(10)2)18(16,17)9-5-3-8(11)4-6-9/h3-7H,1-2H3. The first kappa shape index (κ1) is 13.2. The summed E-state index contributed by atoms with van der Waals surface area (Å²) in [5.41, 5.74) is 0. The zero-order valence-electron chi connectivity index (χ0n) is 9.78. The maximum atomic E-state index is 12.4. The Morgan fingerprint density at radius 3 is 2.39 bits per heavy atom. The summed E-state index contributed by atoms with van der Waals surface area (Å²) in [6, 6.07) is 6.49. The first-order valence-corrected chi connectivity index (χ1v) is 7.48. The Balaban J connectivity index is 2.43. The summed E-state index contributed by atoms with van der Waals surface area (Å²) in [5, 5.41) is 10.0. The van der Waals surface area contributed by atoms with Crippen LogP contribution in [0, 0.1) is 0 Å². The second-order valence-electron chi connectivity index (χ2n) is 3.80. The predicted molar refractivity (Wildman–Crippen MR) is 68.5 cm³/mol. The maximum Gasteiger partial charge on any atom is 0.188 e. The van der Waals surface area contributed by atoms with Gasteiger partial charge in [0.05, 0.1) is 4.90 Å². The first-order chi connectivity index (χ1) is 8.43. The molecule has 0 saturated carbocycles. The second-order valence-corrected chi connectivity index (χ2v) is 6.99. The van der Waals surface area contributed by atoms with Crippen LogP contribution in [-0.4, -0.2) is 28.6 Å². The van der Waals surface area contributed by atoms with Gasteiger partial charge in [0.2, 0.25) is 0 Å². The number of aromatic nitrogens is 4. The van der Waals surface area contributed by atoms with Crippen LogP contribution < -0.4 is 0 Å². The molecule has 1 atom stereocenters. The zero-order chi connectivity index (χ0) is 13.3. The molecule has 0 radical (unpaired) electrons. The van der Waals surface area contributed by atoms with Crippen molar-refractivity contribution in [3.8, 4) is 0 Å². The molecule has 0 amide bonds. The van der Waals surface area contributed by atoms with Gasteiger partial charge >= 0.3 is 0 Å². The van der Waals surface area contributed by atoms with Crippen LogP contribution in [-0.2, 0) is 16.9 Å². The van der Waals surface area contributed by atoms with Gasteiger partial charge in [-0.25, -0.2) is 13.1 Å². The third-order valence-corrected chi connectivity index (χ3v) is 5.22. The van der Waals surface area contributed by atoms with E-state index in [1.54, 1.807) is 38.2 Å². The lowest BCUT2D eigenvalue weighted by atomic mass is 10.4. The molecule has 8 heteroatoms. The van der Waals surface area contributed by atoms with Crippen LogP contribution in [0.4, 0.5) is 0 Å².